The zero-order chi connectivity index (χ0) is 18.4. The number of carbonyl (C=O) groups excluding carboxylic acids is 2. The maximum absolute atomic E-state index is 13.1. The number of ether oxygens (including phenoxy) is 1. The number of amides is 2. The average molecular weight is 362 g/mol. The highest BCUT2D eigenvalue weighted by molar-refractivity contribution is 5.82. The van der Waals surface area contributed by atoms with Crippen LogP contribution in [-0.4, -0.2) is 49.1 Å². The second kappa shape index (κ2) is 9.12. The highest BCUT2D eigenvalue weighted by Crippen LogP contribution is 2.30. The standard InChI is InChI=1S/C20H27FN2O3/c21-16-8-6-15(7-9-16)14-19(24)23-11-3-12-26-13-10-22-20(25)17-4-1-2-5-18(17)23/h6-9,17-18H,1-5,10-14H2,(H,22,25). The summed E-state index contributed by atoms with van der Waals surface area (Å²) in [6, 6.07) is 5.98. The Hall–Kier alpha value is -1.95. The van der Waals surface area contributed by atoms with Gasteiger partial charge in [0.1, 0.15) is 5.82 Å². The van der Waals surface area contributed by atoms with E-state index in [-0.39, 0.29) is 36.0 Å². The summed E-state index contributed by atoms with van der Waals surface area (Å²) in [5.74, 6) is -0.433. The van der Waals surface area contributed by atoms with Crippen molar-refractivity contribution in [2.75, 3.05) is 26.3 Å². The van der Waals surface area contributed by atoms with Crippen LogP contribution < -0.4 is 5.32 Å². The molecule has 0 bridgehead atoms. The lowest BCUT2D eigenvalue weighted by Gasteiger charge is -2.39. The molecule has 1 aliphatic heterocycles. The van der Waals surface area contributed by atoms with Crippen molar-refractivity contribution in [3.8, 4) is 0 Å². The summed E-state index contributed by atoms with van der Waals surface area (Å²) in [6.07, 6.45) is 4.71. The van der Waals surface area contributed by atoms with E-state index in [4.69, 9.17) is 4.74 Å². The van der Waals surface area contributed by atoms with Crippen molar-refractivity contribution >= 4 is 11.8 Å². The molecule has 0 aromatic heterocycles. The van der Waals surface area contributed by atoms with Crippen LogP contribution in [0.3, 0.4) is 0 Å². The van der Waals surface area contributed by atoms with E-state index >= 15 is 0 Å². The molecule has 1 heterocycles. The number of hydrogen-bond donors (Lipinski definition) is 1. The molecular weight excluding hydrogens is 335 g/mol. The lowest BCUT2D eigenvalue weighted by molar-refractivity contribution is -0.138. The fraction of sp³-hybridized carbons (Fsp3) is 0.600. The second-order valence-electron chi connectivity index (χ2n) is 7.11. The van der Waals surface area contributed by atoms with Crippen LogP contribution in [0.25, 0.3) is 0 Å². The number of rotatable bonds is 2. The Kier molecular flexibility index (Phi) is 6.61. The molecule has 1 N–H and O–H groups in total. The molecule has 2 unspecified atom stereocenters. The number of benzene rings is 1. The largest absolute Gasteiger partial charge is 0.380 e. The fourth-order valence-electron chi connectivity index (χ4n) is 3.96. The molecular formula is C20H27FN2O3. The van der Waals surface area contributed by atoms with Crippen LogP contribution in [0.5, 0.6) is 0 Å². The third-order valence-corrected chi connectivity index (χ3v) is 5.29. The Labute approximate surface area is 153 Å². The van der Waals surface area contributed by atoms with Crippen LogP contribution in [0.1, 0.15) is 37.7 Å². The quantitative estimate of drug-likeness (QED) is 0.878. The highest BCUT2D eigenvalue weighted by atomic mass is 19.1. The molecule has 2 amide bonds. The lowest BCUT2D eigenvalue weighted by Crippen LogP contribution is -2.51. The van der Waals surface area contributed by atoms with Crippen molar-refractivity contribution in [3.63, 3.8) is 0 Å². The molecule has 1 aliphatic carbocycles. The van der Waals surface area contributed by atoms with Crippen molar-refractivity contribution in [2.24, 2.45) is 5.92 Å². The fourth-order valence-corrected chi connectivity index (χ4v) is 3.96. The van der Waals surface area contributed by atoms with Crippen LogP contribution >= 0.6 is 0 Å². The van der Waals surface area contributed by atoms with Gasteiger partial charge < -0.3 is 15.0 Å². The normalized spacial score (nSPS) is 25.0. The predicted molar refractivity (Wildman–Crippen MR) is 96.0 cm³/mol. The summed E-state index contributed by atoms with van der Waals surface area (Å²) in [7, 11) is 0. The van der Waals surface area contributed by atoms with Gasteiger partial charge in [-0.15, -0.1) is 0 Å². The first kappa shape index (κ1) is 18.8. The minimum Gasteiger partial charge on any atom is -0.380 e. The Bertz CT molecular complexity index is 620. The van der Waals surface area contributed by atoms with Crippen LogP contribution in [0.15, 0.2) is 24.3 Å². The maximum Gasteiger partial charge on any atom is 0.227 e. The third kappa shape index (κ3) is 4.81. The number of nitrogens with zero attached hydrogens (tertiary/aromatic N) is 1. The first-order valence-electron chi connectivity index (χ1n) is 9.54. The predicted octanol–water partition coefficient (Wildman–Crippen LogP) is 2.29. The van der Waals surface area contributed by atoms with Crippen molar-refractivity contribution < 1.29 is 18.7 Å². The van der Waals surface area contributed by atoms with Crippen molar-refractivity contribution in [1.29, 1.82) is 0 Å². The molecule has 1 aromatic carbocycles. The summed E-state index contributed by atoms with van der Waals surface area (Å²) < 4.78 is 18.6. The summed E-state index contributed by atoms with van der Waals surface area (Å²) in [6.45, 7) is 2.19. The average Bonchev–Trinajstić information content (AvgIpc) is 2.68. The first-order valence-corrected chi connectivity index (χ1v) is 9.54. The Balaban J connectivity index is 1.77. The highest BCUT2D eigenvalue weighted by Gasteiger charge is 2.36. The van der Waals surface area contributed by atoms with Gasteiger partial charge in [0.05, 0.1) is 18.9 Å². The van der Waals surface area contributed by atoms with Gasteiger partial charge in [-0.25, -0.2) is 4.39 Å². The Morgan fingerprint density at radius 2 is 1.92 bits per heavy atom. The van der Waals surface area contributed by atoms with E-state index in [0.717, 1.165) is 37.7 Å². The van der Waals surface area contributed by atoms with Crippen molar-refractivity contribution in [1.82, 2.24) is 10.2 Å². The summed E-state index contributed by atoms with van der Waals surface area (Å²) in [5.41, 5.74) is 0.791. The number of carbonyl (C=O) groups is 2. The number of halogens is 1. The van der Waals surface area contributed by atoms with Gasteiger partial charge in [-0.1, -0.05) is 25.0 Å². The van der Waals surface area contributed by atoms with Gasteiger partial charge in [0, 0.05) is 25.7 Å². The molecule has 5 nitrogen and oxygen atoms in total. The first-order chi connectivity index (χ1) is 12.6. The lowest BCUT2D eigenvalue weighted by atomic mass is 9.82. The van der Waals surface area contributed by atoms with E-state index < -0.39 is 0 Å². The molecule has 2 atom stereocenters. The maximum atomic E-state index is 13.1. The molecule has 1 saturated heterocycles. The molecule has 2 aliphatic rings. The van der Waals surface area contributed by atoms with Crippen molar-refractivity contribution in [2.45, 2.75) is 44.6 Å². The van der Waals surface area contributed by atoms with Crippen molar-refractivity contribution in [3.05, 3.63) is 35.6 Å². The van der Waals surface area contributed by atoms with Crippen LogP contribution in [0.2, 0.25) is 0 Å². The van der Waals surface area contributed by atoms with Gasteiger partial charge in [-0.3, -0.25) is 9.59 Å². The molecule has 2 fully saturated rings. The second-order valence-corrected chi connectivity index (χ2v) is 7.11. The van der Waals surface area contributed by atoms with Crippen LogP contribution in [0, 0.1) is 11.7 Å². The van der Waals surface area contributed by atoms with Crippen LogP contribution in [-0.2, 0) is 20.7 Å². The smallest absolute Gasteiger partial charge is 0.227 e. The van der Waals surface area contributed by atoms with E-state index in [1.807, 2.05) is 4.90 Å². The van der Waals surface area contributed by atoms with E-state index in [1.54, 1.807) is 12.1 Å². The number of nitrogens with one attached hydrogen (secondary N) is 1. The zero-order valence-electron chi connectivity index (χ0n) is 15.1. The minimum atomic E-state index is -0.308. The van der Waals surface area contributed by atoms with Crippen LogP contribution in [0.4, 0.5) is 4.39 Å². The van der Waals surface area contributed by atoms with Gasteiger partial charge in [0.15, 0.2) is 0 Å². The summed E-state index contributed by atoms with van der Waals surface area (Å²) >= 11 is 0. The molecule has 142 valence electrons. The SMILES string of the molecule is O=C1NCCOCCCN(C(=O)Cc2ccc(F)cc2)C2CCCCC12. The number of fused-ring (bicyclic) bond motifs is 1. The van der Waals surface area contributed by atoms with Gasteiger partial charge in [-0.2, -0.15) is 0 Å². The Morgan fingerprint density at radius 1 is 1.15 bits per heavy atom. The molecule has 0 spiro atoms. The Morgan fingerprint density at radius 3 is 2.73 bits per heavy atom. The van der Waals surface area contributed by atoms with Gasteiger partial charge >= 0.3 is 0 Å². The van der Waals surface area contributed by atoms with E-state index in [2.05, 4.69) is 5.32 Å². The third-order valence-electron chi connectivity index (χ3n) is 5.29. The number of hydrogen-bond acceptors (Lipinski definition) is 3. The van der Waals surface area contributed by atoms with E-state index in [9.17, 15) is 14.0 Å². The van der Waals surface area contributed by atoms with Gasteiger partial charge in [0.25, 0.3) is 0 Å². The molecule has 6 heteroatoms. The topological polar surface area (TPSA) is 58.6 Å². The molecule has 0 radical (unpaired) electrons. The monoisotopic (exact) mass is 362 g/mol. The minimum absolute atomic E-state index is 0.000514. The summed E-state index contributed by atoms with van der Waals surface area (Å²) in [4.78, 5) is 27.5. The zero-order valence-corrected chi connectivity index (χ0v) is 15.1. The van der Waals surface area contributed by atoms with Gasteiger partial charge in [-0.05, 0) is 37.0 Å². The summed E-state index contributed by atoms with van der Waals surface area (Å²) in [5, 5.41) is 2.95. The molecule has 1 aromatic rings. The van der Waals surface area contributed by atoms with Gasteiger partial charge in [0.2, 0.25) is 11.8 Å². The molecule has 3 rings (SSSR count). The molecule has 1 saturated carbocycles. The molecule has 26 heavy (non-hydrogen) atoms. The van der Waals surface area contributed by atoms with E-state index in [0.29, 0.717) is 26.3 Å². The van der Waals surface area contributed by atoms with E-state index in [1.165, 1.54) is 12.1 Å².